The molecule has 0 spiro atoms. The summed E-state index contributed by atoms with van der Waals surface area (Å²) in [6.07, 6.45) is 5.24. The Morgan fingerprint density at radius 1 is 1.18 bits per heavy atom. The average molecular weight is 176 g/mol. The SMILES string of the molecule is O=C1CCCCC1.OC(O)=S. The zero-order chi connectivity index (χ0) is 8.69. The molecule has 64 valence electrons. The third-order valence-electron chi connectivity index (χ3n) is 1.41. The standard InChI is InChI=1S/C6H10O.CH2O2S/c7-6-4-2-1-3-5-6;2-1(3)4/h1-5H2;(H2,2,3,4). The first-order valence-electron chi connectivity index (χ1n) is 3.56. The van der Waals surface area contributed by atoms with Crippen LogP contribution in [0.1, 0.15) is 32.1 Å². The van der Waals surface area contributed by atoms with Crippen molar-refractivity contribution in [3.05, 3.63) is 0 Å². The van der Waals surface area contributed by atoms with Gasteiger partial charge in [0, 0.05) is 25.1 Å². The molecule has 0 unspecified atom stereocenters. The van der Waals surface area contributed by atoms with E-state index in [1.165, 1.54) is 6.42 Å². The molecule has 1 aliphatic carbocycles. The molecule has 0 heterocycles. The third kappa shape index (κ3) is 9.36. The second-order valence-electron chi connectivity index (χ2n) is 2.38. The highest BCUT2D eigenvalue weighted by Gasteiger charge is 2.05. The number of aliphatic hydroxyl groups excluding tert-OH is 1. The first-order chi connectivity index (χ1) is 5.13. The minimum Gasteiger partial charge on any atom is -0.473 e. The van der Waals surface area contributed by atoms with Gasteiger partial charge >= 0.3 is 5.24 Å². The lowest BCUT2D eigenvalue weighted by Crippen LogP contribution is -2.02. The Morgan fingerprint density at radius 2 is 1.55 bits per heavy atom. The van der Waals surface area contributed by atoms with Gasteiger partial charge in [0.05, 0.1) is 0 Å². The van der Waals surface area contributed by atoms with Crippen LogP contribution >= 0.6 is 12.2 Å². The maximum Gasteiger partial charge on any atom is 0.347 e. The van der Waals surface area contributed by atoms with Crippen LogP contribution in [0.5, 0.6) is 0 Å². The second-order valence-corrected chi connectivity index (χ2v) is 2.75. The smallest absolute Gasteiger partial charge is 0.347 e. The van der Waals surface area contributed by atoms with Crippen LogP contribution < -0.4 is 0 Å². The lowest BCUT2D eigenvalue weighted by Gasteiger charge is -2.05. The molecule has 0 radical (unpaired) electrons. The molecule has 3 nitrogen and oxygen atoms in total. The van der Waals surface area contributed by atoms with E-state index in [4.69, 9.17) is 10.2 Å². The molecule has 0 saturated heterocycles. The molecule has 4 heteroatoms. The molecule has 0 atom stereocenters. The van der Waals surface area contributed by atoms with Gasteiger partial charge in [-0.25, -0.2) is 0 Å². The van der Waals surface area contributed by atoms with E-state index in [2.05, 4.69) is 12.2 Å². The van der Waals surface area contributed by atoms with Crippen LogP contribution in [0, 0.1) is 0 Å². The zero-order valence-electron chi connectivity index (χ0n) is 6.25. The van der Waals surface area contributed by atoms with Gasteiger partial charge in [0.15, 0.2) is 0 Å². The van der Waals surface area contributed by atoms with Crippen LogP contribution in [-0.4, -0.2) is 21.2 Å². The Labute approximate surface area is 71.0 Å². The van der Waals surface area contributed by atoms with Crippen LogP contribution in [0.3, 0.4) is 0 Å². The highest BCUT2D eigenvalue weighted by atomic mass is 32.1. The maximum absolute atomic E-state index is 10.5. The molecular weight excluding hydrogens is 164 g/mol. The zero-order valence-corrected chi connectivity index (χ0v) is 7.06. The van der Waals surface area contributed by atoms with E-state index >= 15 is 0 Å². The van der Waals surface area contributed by atoms with E-state index in [9.17, 15) is 4.79 Å². The van der Waals surface area contributed by atoms with Gasteiger partial charge in [-0.15, -0.1) is 0 Å². The topological polar surface area (TPSA) is 57.5 Å². The highest BCUT2D eigenvalue weighted by Crippen LogP contribution is 2.12. The number of ketones is 1. The molecule has 1 rings (SSSR count). The van der Waals surface area contributed by atoms with E-state index < -0.39 is 5.24 Å². The van der Waals surface area contributed by atoms with Crippen molar-refractivity contribution in [2.75, 3.05) is 0 Å². The average Bonchev–Trinajstić information content (AvgIpc) is 1.87. The van der Waals surface area contributed by atoms with Gasteiger partial charge in [-0.3, -0.25) is 4.79 Å². The molecular formula is C7H12O3S. The molecule has 1 saturated carbocycles. The van der Waals surface area contributed by atoms with E-state index in [-0.39, 0.29) is 0 Å². The minimum absolute atomic E-state index is 0.464. The quantitative estimate of drug-likeness (QED) is 0.553. The second kappa shape index (κ2) is 6.09. The number of aliphatic hydroxyl groups is 2. The molecule has 1 fully saturated rings. The highest BCUT2D eigenvalue weighted by molar-refractivity contribution is 7.79. The van der Waals surface area contributed by atoms with Crippen LogP contribution in [0.2, 0.25) is 0 Å². The van der Waals surface area contributed by atoms with E-state index in [0.717, 1.165) is 25.7 Å². The molecule has 11 heavy (non-hydrogen) atoms. The van der Waals surface area contributed by atoms with Crippen molar-refractivity contribution in [2.45, 2.75) is 32.1 Å². The number of rotatable bonds is 0. The molecule has 0 bridgehead atoms. The van der Waals surface area contributed by atoms with Crippen molar-refractivity contribution in [1.82, 2.24) is 0 Å². The van der Waals surface area contributed by atoms with Gasteiger partial charge in [-0.1, -0.05) is 6.42 Å². The Balaban J connectivity index is 0.000000218. The number of hydrogen-bond acceptors (Lipinski definition) is 2. The summed E-state index contributed by atoms with van der Waals surface area (Å²) in [7, 11) is 0. The summed E-state index contributed by atoms with van der Waals surface area (Å²) in [6.45, 7) is 0. The van der Waals surface area contributed by atoms with Crippen molar-refractivity contribution in [2.24, 2.45) is 0 Å². The third-order valence-corrected chi connectivity index (χ3v) is 1.41. The van der Waals surface area contributed by atoms with Crippen molar-refractivity contribution in [3.8, 4) is 0 Å². The summed E-state index contributed by atoms with van der Waals surface area (Å²) in [5.74, 6) is 0.464. The molecule has 2 N–H and O–H groups in total. The molecule has 0 aromatic carbocycles. The van der Waals surface area contributed by atoms with Crippen molar-refractivity contribution < 1.29 is 15.0 Å². The summed E-state index contributed by atoms with van der Waals surface area (Å²) < 4.78 is 0. The number of carbonyl (C=O) groups excluding carboxylic acids is 1. The van der Waals surface area contributed by atoms with Crippen LogP contribution in [0.15, 0.2) is 0 Å². The van der Waals surface area contributed by atoms with Gasteiger partial charge in [-0.05, 0) is 12.8 Å². The van der Waals surface area contributed by atoms with Crippen LogP contribution in [0.4, 0.5) is 0 Å². The normalized spacial score (nSPS) is 16.5. The number of carbonyl (C=O) groups is 1. The fourth-order valence-corrected chi connectivity index (χ4v) is 0.946. The Bertz CT molecular complexity index is 133. The summed E-state index contributed by atoms with van der Waals surface area (Å²) in [5, 5.41) is 13.7. The van der Waals surface area contributed by atoms with Gasteiger partial charge < -0.3 is 10.2 Å². The Hall–Kier alpha value is -0.640. The maximum atomic E-state index is 10.5. The van der Waals surface area contributed by atoms with E-state index in [0.29, 0.717) is 5.78 Å². The van der Waals surface area contributed by atoms with Gasteiger partial charge in [0.1, 0.15) is 5.78 Å². The van der Waals surface area contributed by atoms with Crippen molar-refractivity contribution in [1.29, 1.82) is 0 Å². The summed E-state index contributed by atoms with van der Waals surface area (Å²) in [6, 6.07) is 0. The molecule has 1 aliphatic rings. The minimum atomic E-state index is -1.000. The summed E-state index contributed by atoms with van der Waals surface area (Å²) >= 11 is 3.65. The van der Waals surface area contributed by atoms with Gasteiger partial charge in [-0.2, -0.15) is 0 Å². The summed E-state index contributed by atoms with van der Waals surface area (Å²) in [4.78, 5) is 10.5. The Kier molecular flexibility index (Phi) is 5.74. The van der Waals surface area contributed by atoms with Gasteiger partial charge in [0.2, 0.25) is 0 Å². The van der Waals surface area contributed by atoms with E-state index in [1.54, 1.807) is 0 Å². The fourth-order valence-electron chi connectivity index (χ4n) is 0.946. The number of thiocarbonyl (C=S) groups is 1. The summed E-state index contributed by atoms with van der Waals surface area (Å²) in [5.41, 5.74) is 0. The predicted octanol–water partition coefficient (Wildman–Crippen LogP) is 1.91. The van der Waals surface area contributed by atoms with Crippen LogP contribution in [0.25, 0.3) is 0 Å². The molecule has 0 amide bonds. The number of hydrogen-bond donors (Lipinski definition) is 2. The molecule has 0 aliphatic heterocycles. The fraction of sp³-hybridized carbons (Fsp3) is 0.714. The monoisotopic (exact) mass is 176 g/mol. The van der Waals surface area contributed by atoms with Gasteiger partial charge in [0.25, 0.3) is 0 Å². The van der Waals surface area contributed by atoms with Crippen LogP contribution in [-0.2, 0) is 4.79 Å². The number of Topliss-reactive ketones (excluding diaryl/α,β-unsaturated/α-hetero) is 1. The van der Waals surface area contributed by atoms with Crippen molar-refractivity contribution in [3.63, 3.8) is 0 Å². The predicted molar refractivity (Wildman–Crippen MR) is 45.9 cm³/mol. The first kappa shape index (κ1) is 10.4. The molecule has 0 aromatic heterocycles. The largest absolute Gasteiger partial charge is 0.473 e. The lowest BCUT2D eigenvalue weighted by molar-refractivity contribution is -0.120. The lowest BCUT2D eigenvalue weighted by atomic mass is 10.00. The first-order valence-corrected chi connectivity index (χ1v) is 3.97. The Morgan fingerprint density at radius 3 is 1.73 bits per heavy atom. The van der Waals surface area contributed by atoms with E-state index in [1.807, 2.05) is 0 Å². The van der Waals surface area contributed by atoms with Crippen molar-refractivity contribution >= 4 is 23.2 Å². The molecule has 0 aromatic rings.